The van der Waals surface area contributed by atoms with Gasteiger partial charge in [-0.25, -0.2) is 4.98 Å². The first-order valence-electron chi connectivity index (χ1n) is 6.74. The lowest BCUT2D eigenvalue weighted by molar-refractivity contribution is 0.588. The summed E-state index contributed by atoms with van der Waals surface area (Å²) in [5.74, 6) is -0.760. The van der Waals surface area contributed by atoms with Gasteiger partial charge in [0.05, 0.1) is 30.1 Å². The van der Waals surface area contributed by atoms with Crippen molar-refractivity contribution in [3.05, 3.63) is 72.6 Å². The fourth-order valence-electron chi connectivity index (χ4n) is 2.33. The Balaban J connectivity index is 2.29. The molecule has 0 bridgehead atoms. The number of pyridine rings is 1. The maximum absolute atomic E-state index is 14.4. The van der Waals surface area contributed by atoms with Crippen LogP contribution in [0.2, 0.25) is 30.1 Å². The number of aromatic nitrogens is 1. The maximum Gasteiger partial charge on any atom is 0.220 e. The zero-order valence-corrected chi connectivity index (χ0v) is 16.6. The highest BCUT2D eigenvalue weighted by Gasteiger charge is 2.19. The highest BCUT2D eigenvalue weighted by molar-refractivity contribution is 6.47. The molecule has 0 saturated heterocycles. The number of benzene rings is 2. The number of rotatable bonds is 2. The molecule has 8 heteroatoms. The summed E-state index contributed by atoms with van der Waals surface area (Å²) in [4.78, 5) is 3.77. The van der Waals surface area contributed by atoms with Crippen LogP contribution in [-0.4, -0.2) is 4.98 Å². The van der Waals surface area contributed by atoms with E-state index in [-0.39, 0.29) is 31.2 Å². The van der Waals surface area contributed by atoms with Crippen molar-refractivity contribution in [3.8, 4) is 22.3 Å². The van der Waals surface area contributed by atoms with Crippen LogP contribution in [-0.2, 0) is 0 Å². The molecule has 3 aromatic rings. The Morgan fingerprint density at radius 3 is 1.76 bits per heavy atom. The molecule has 0 aliphatic heterocycles. The molecule has 1 heterocycles. The molecular weight excluding hydrogens is 450 g/mol. The van der Waals surface area contributed by atoms with E-state index in [0.717, 1.165) is 0 Å². The highest BCUT2D eigenvalue weighted by atomic mass is 35.5. The van der Waals surface area contributed by atoms with E-state index in [2.05, 4.69) is 4.98 Å². The van der Waals surface area contributed by atoms with Gasteiger partial charge in [0.15, 0.2) is 0 Å². The van der Waals surface area contributed by atoms with Crippen LogP contribution in [0.25, 0.3) is 22.3 Å². The molecule has 0 aliphatic carbocycles. The minimum absolute atomic E-state index is 0.0714. The number of hydrogen-bond donors (Lipinski definition) is 0. The molecule has 1 aromatic heterocycles. The molecular formula is C17H6Cl6FN. The van der Waals surface area contributed by atoms with Crippen molar-refractivity contribution >= 4 is 69.6 Å². The Morgan fingerprint density at radius 2 is 1.16 bits per heavy atom. The lowest BCUT2D eigenvalue weighted by atomic mass is 10.0. The summed E-state index contributed by atoms with van der Waals surface area (Å²) < 4.78 is 14.4. The summed E-state index contributed by atoms with van der Waals surface area (Å²) in [6.07, 6.45) is 1.30. The highest BCUT2D eigenvalue weighted by Crippen LogP contribution is 2.43. The van der Waals surface area contributed by atoms with Crippen molar-refractivity contribution in [2.24, 2.45) is 0 Å². The third kappa shape index (κ3) is 3.57. The second kappa shape index (κ2) is 7.48. The molecule has 25 heavy (non-hydrogen) atoms. The number of hydrogen-bond acceptors (Lipinski definition) is 1. The standard InChI is InChI=1S/C17H6Cl6FN/c18-9-1-3-11(20)15(22)13(9)7-5-8(17(24)25-6-7)14-10(19)2-4-12(21)16(14)23/h1-6H. The molecule has 0 radical (unpaired) electrons. The third-order valence-corrected chi connectivity index (χ3v) is 5.72. The quantitative estimate of drug-likeness (QED) is 0.279. The monoisotopic (exact) mass is 453 g/mol. The SMILES string of the molecule is Fc1ncc(-c2c(Cl)ccc(Cl)c2Cl)cc1-c1c(Cl)ccc(Cl)c1Cl. The van der Waals surface area contributed by atoms with Gasteiger partial charge in [0.2, 0.25) is 5.95 Å². The van der Waals surface area contributed by atoms with E-state index >= 15 is 0 Å². The van der Waals surface area contributed by atoms with E-state index in [4.69, 9.17) is 69.6 Å². The van der Waals surface area contributed by atoms with Crippen LogP contribution < -0.4 is 0 Å². The molecule has 0 amide bonds. The van der Waals surface area contributed by atoms with Gasteiger partial charge in [-0.3, -0.25) is 0 Å². The predicted octanol–water partition coefficient (Wildman–Crippen LogP) is 8.48. The average Bonchev–Trinajstić information content (AvgIpc) is 2.57. The number of halogens is 7. The summed E-state index contributed by atoms with van der Waals surface area (Å²) in [6.45, 7) is 0. The fourth-order valence-corrected chi connectivity index (χ4v) is 3.80. The Labute approximate surface area is 173 Å². The van der Waals surface area contributed by atoms with Crippen LogP contribution in [0.15, 0.2) is 36.5 Å². The molecule has 0 fully saturated rings. The molecule has 0 N–H and O–H groups in total. The molecule has 0 saturated carbocycles. The molecule has 1 nitrogen and oxygen atoms in total. The summed E-state index contributed by atoms with van der Waals surface area (Å²) in [5.41, 5.74) is 1.19. The summed E-state index contributed by atoms with van der Waals surface area (Å²) in [7, 11) is 0. The molecule has 2 aromatic carbocycles. The Bertz CT molecular complexity index is 989. The maximum atomic E-state index is 14.4. The zero-order chi connectivity index (χ0) is 18.3. The second-order valence-corrected chi connectivity index (χ2v) is 7.38. The number of nitrogens with zero attached hydrogens (tertiary/aromatic N) is 1. The molecule has 0 unspecified atom stereocenters. The van der Waals surface area contributed by atoms with Crippen LogP contribution in [0.3, 0.4) is 0 Å². The first-order chi connectivity index (χ1) is 11.8. The molecule has 0 spiro atoms. The molecule has 0 atom stereocenters. The van der Waals surface area contributed by atoms with Gasteiger partial charge < -0.3 is 0 Å². The Kier molecular flexibility index (Phi) is 5.69. The van der Waals surface area contributed by atoms with Gasteiger partial charge >= 0.3 is 0 Å². The van der Waals surface area contributed by atoms with Crippen molar-refractivity contribution in [1.82, 2.24) is 4.98 Å². The minimum Gasteiger partial charge on any atom is -0.227 e. The summed E-state index contributed by atoms with van der Waals surface area (Å²) in [6, 6.07) is 7.70. The van der Waals surface area contributed by atoms with Crippen molar-refractivity contribution in [2.45, 2.75) is 0 Å². The Hall–Kier alpha value is -0.740. The van der Waals surface area contributed by atoms with E-state index < -0.39 is 5.95 Å². The zero-order valence-electron chi connectivity index (χ0n) is 12.1. The Morgan fingerprint density at radius 1 is 0.680 bits per heavy atom. The van der Waals surface area contributed by atoms with Crippen LogP contribution in [0.5, 0.6) is 0 Å². The third-order valence-electron chi connectivity index (χ3n) is 3.49. The van der Waals surface area contributed by atoms with Crippen molar-refractivity contribution in [1.29, 1.82) is 0 Å². The summed E-state index contributed by atoms with van der Waals surface area (Å²) in [5, 5.41) is 1.48. The van der Waals surface area contributed by atoms with Gasteiger partial charge in [-0.15, -0.1) is 0 Å². The first-order valence-corrected chi connectivity index (χ1v) is 9.01. The molecule has 128 valence electrons. The van der Waals surface area contributed by atoms with Crippen LogP contribution in [0.1, 0.15) is 0 Å². The van der Waals surface area contributed by atoms with E-state index in [1.54, 1.807) is 12.1 Å². The predicted molar refractivity (Wildman–Crippen MR) is 105 cm³/mol. The fraction of sp³-hybridized carbons (Fsp3) is 0. The van der Waals surface area contributed by atoms with Crippen LogP contribution in [0, 0.1) is 5.95 Å². The smallest absolute Gasteiger partial charge is 0.220 e. The lowest BCUT2D eigenvalue weighted by Gasteiger charge is -2.13. The topological polar surface area (TPSA) is 12.9 Å². The van der Waals surface area contributed by atoms with Crippen LogP contribution >= 0.6 is 69.6 Å². The minimum atomic E-state index is -0.760. The van der Waals surface area contributed by atoms with Crippen molar-refractivity contribution in [3.63, 3.8) is 0 Å². The first kappa shape index (κ1) is 19.0. The van der Waals surface area contributed by atoms with Crippen molar-refractivity contribution in [2.75, 3.05) is 0 Å². The largest absolute Gasteiger partial charge is 0.227 e. The van der Waals surface area contributed by atoms with Gasteiger partial charge in [-0.1, -0.05) is 69.6 Å². The average molecular weight is 456 g/mol. The van der Waals surface area contributed by atoms with Gasteiger partial charge in [0, 0.05) is 28.5 Å². The lowest BCUT2D eigenvalue weighted by Crippen LogP contribution is -1.94. The molecule has 3 rings (SSSR count). The summed E-state index contributed by atoms with van der Waals surface area (Å²) >= 11 is 36.9. The van der Waals surface area contributed by atoms with E-state index in [0.29, 0.717) is 21.2 Å². The van der Waals surface area contributed by atoms with Gasteiger partial charge in [0.25, 0.3) is 0 Å². The molecule has 0 aliphatic rings. The normalized spacial score (nSPS) is 11.0. The van der Waals surface area contributed by atoms with Gasteiger partial charge in [-0.05, 0) is 30.3 Å². The van der Waals surface area contributed by atoms with Crippen molar-refractivity contribution < 1.29 is 4.39 Å². The second-order valence-electron chi connectivity index (χ2n) is 5.00. The van der Waals surface area contributed by atoms with Crippen LogP contribution in [0.4, 0.5) is 4.39 Å². The van der Waals surface area contributed by atoms with Gasteiger partial charge in [0.1, 0.15) is 0 Å². The van der Waals surface area contributed by atoms with E-state index in [1.165, 1.54) is 24.4 Å². The van der Waals surface area contributed by atoms with Gasteiger partial charge in [-0.2, -0.15) is 4.39 Å². The van der Waals surface area contributed by atoms with E-state index in [9.17, 15) is 4.39 Å². The van der Waals surface area contributed by atoms with E-state index in [1.807, 2.05) is 0 Å².